The van der Waals surface area contributed by atoms with E-state index < -0.39 is 0 Å². The molecule has 1 fully saturated rings. The summed E-state index contributed by atoms with van der Waals surface area (Å²) in [6.45, 7) is 5.84. The van der Waals surface area contributed by atoms with E-state index in [9.17, 15) is 9.59 Å². The van der Waals surface area contributed by atoms with Crippen LogP contribution in [0.1, 0.15) is 27.2 Å². The summed E-state index contributed by atoms with van der Waals surface area (Å²) in [6, 6.07) is 0. The lowest BCUT2D eigenvalue weighted by Crippen LogP contribution is -2.26. The molecule has 1 atom stereocenters. The molecule has 11 heavy (non-hydrogen) atoms. The van der Waals surface area contributed by atoms with Gasteiger partial charge >= 0.3 is 0 Å². The van der Waals surface area contributed by atoms with Gasteiger partial charge in [0, 0.05) is 6.42 Å². The highest BCUT2D eigenvalue weighted by atomic mass is 16.2. The van der Waals surface area contributed by atoms with Gasteiger partial charge in [-0.1, -0.05) is 20.8 Å². The summed E-state index contributed by atoms with van der Waals surface area (Å²) >= 11 is 0. The van der Waals surface area contributed by atoms with E-state index in [1.165, 1.54) is 0 Å². The Morgan fingerprint density at radius 3 is 2.09 bits per heavy atom. The molecular formula is C8H12NO2. The van der Waals surface area contributed by atoms with Gasteiger partial charge in [-0.3, -0.25) is 9.59 Å². The Hall–Kier alpha value is -0.860. The van der Waals surface area contributed by atoms with E-state index in [-0.39, 0.29) is 23.1 Å². The fraction of sp³-hybridized carbons (Fsp3) is 0.750. The maximum atomic E-state index is 11.0. The largest absolute Gasteiger partial charge is 0.272 e. The van der Waals surface area contributed by atoms with Crippen molar-refractivity contribution < 1.29 is 9.59 Å². The van der Waals surface area contributed by atoms with E-state index in [2.05, 4.69) is 5.32 Å². The topological polar surface area (TPSA) is 48.2 Å². The summed E-state index contributed by atoms with van der Waals surface area (Å²) in [5.41, 5.74) is -0.132. The summed E-state index contributed by atoms with van der Waals surface area (Å²) in [7, 11) is 0. The average molecular weight is 154 g/mol. The van der Waals surface area contributed by atoms with E-state index in [0.29, 0.717) is 6.42 Å². The van der Waals surface area contributed by atoms with E-state index in [0.717, 1.165) is 0 Å². The first-order valence-corrected chi connectivity index (χ1v) is 3.69. The lowest BCUT2D eigenvalue weighted by Gasteiger charge is -2.22. The average Bonchev–Trinajstić information content (AvgIpc) is 2.08. The Kier molecular flexibility index (Phi) is 1.74. The fourth-order valence-electron chi connectivity index (χ4n) is 1.19. The second-order valence-corrected chi connectivity index (χ2v) is 3.97. The Morgan fingerprint density at radius 2 is 1.91 bits per heavy atom. The molecule has 0 spiro atoms. The molecule has 61 valence electrons. The smallest absolute Gasteiger partial charge is 0.252 e. The first-order chi connectivity index (χ1) is 4.91. The number of rotatable bonds is 0. The van der Waals surface area contributed by atoms with Crippen LogP contribution in [0.3, 0.4) is 0 Å². The predicted molar refractivity (Wildman–Crippen MR) is 39.7 cm³/mol. The van der Waals surface area contributed by atoms with Crippen molar-refractivity contribution in [2.75, 3.05) is 0 Å². The molecule has 2 amide bonds. The molecule has 0 aromatic heterocycles. The molecule has 1 aliphatic rings. The van der Waals surface area contributed by atoms with Gasteiger partial charge in [0.25, 0.3) is 5.91 Å². The van der Waals surface area contributed by atoms with Crippen LogP contribution in [0.15, 0.2) is 0 Å². The van der Waals surface area contributed by atoms with Crippen LogP contribution in [0.25, 0.3) is 0 Å². The van der Waals surface area contributed by atoms with Gasteiger partial charge in [0.2, 0.25) is 5.91 Å². The Morgan fingerprint density at radius 1 is 1.36 bits per heavy atom. The minimum Gasteiger partial charge on any atom is -0.272 e. The predicted octanol–water partition coefficient (Wildman–Crippen LogP) is 0.710. The molecular weight excluding hydrogens is 142 g/mol. The van der Waals surface area contributed by atoms with Crippen LogP contribution in [0.4, 0.5) is 0 Å². The summed E-state index contributed by atoms with van der Waals surface area (Å²) in [6.07, 6.45) is 0.294. The van der Waals surface area contributed by atoms with Gasteiger partial charge in [-0.25, -0.2) is 0 Å². The van der Waals surface area contributed by atoms with Gasteiger partial charge in [-0.2, -0.15) is 5.32 Å². The number of nitrogens with zero attached hydrogens (tertiary/aromatic N) is 1. The van der Waals surface area contributed by atoms with E-state index in [1.54, 1.807) is 0 Å². The van der Waals surface area contributed by atoms with Crippen LogP contribution < -0.4 is 5.32 Å². The zero-order chi connectivity index (χ0) is 8.65. The molecule has 1 aliphatic heterocycles. The summed E-state index contributed by atoms with van der Waals surface area (Å²) in [5.74, 6) is -0.715. The lowest BCUT2D eigenvalue weighted by molar-refractivity contribution is -0.127. The molecule has 3 heteroatoms. The van der Waals surface area contributed by atoms with Crippen molar-refractivity contribution in [3.8, 4) is 0 Å². The van der Waals surface area contributed by atoms with E-state index in [4.69, 9.17) is 0 Å². The Balaban J connectivity index is 2.76. The third-order valence-electron chi connectivity index (χ3n) is 1.96. The molecule has 1 radical (unpaired) electrons. The quantitative estimate of drug-likeness (QED) is 0.482. The van der Waals surface area contributed by atoms with Crippen molar-refractivity contribution in [1.82, 2.24) is 5.32 Å². The number of hydrogen-bond acceptors (Lipinski definition) is 2. The first-order valence-electron chi connectivity index (χ1n) is 3.69. The van der Waals surface area contributed by atoms with Crippen molar-refractivity contribution in [2.45, 2.75) is 27.2 Å². The summed E-state index contributed by atoms with van der Waals surface area (Å²) in [4.78, 5) is 21.8. The van der Waals surface area contributed by atoms with Crippen molar-refractivity contribution in [3.63, 3.8) is 0 Å². The highest BCUT2D eigenvalue weighted by Crippen LogP contribution is 2.31. The molecule has 1 rings (SSSR count). The van der Waals surface area contributed by atoms with Gasteiger partial charge in [-0.05, 0) is 5.41 Å². The van der Waals surface area contributed by atoms with Gasteiger partial charge in [-0.15, -0.1) is 0 Å². The Bertz CT molecular complexity index is 203. The van der Waals surface area contributed by atoms with Gasteiger partial charge in [0.1, 0.15) is 0 Å². The zero-order valence-corrected chi connectivity index (χ0v) is 7.05. The minimum absolute atomic E-state index is 0.132. The second kappa shape index (κ2) is 2.32. The number of carbonyl (C=O) groups is 2. The highest BCUT2D eigenvalue weighted by Gasteiger charge is 2.40. The Labute approximate surface area is 66.2 Å². The van der Waals surface area contributed by atoms with Crippen LogP contribution in [0, 0.1) is 11.3 Å². The van der Waals surface area contributed by atoms with Gasteiger partial charge in [0.15, 0.2) is 0 Å². The molecule has 1 unspecified atom stereocenters. The summed E-state index contributed by atoms with van der Waals surface area (Å²) < 4.78 is 0. The SMILES string of the molecule is CC(C)(C)C1CC(=O)[N]C1=O. The van der Waals surface area contributed by atoms with Crippen molar-refractivity contribution >= 4 is 11.8 Å². The summed E-state index contributed by atoms with van der Waals surface area (Å²) in [5, 5.41) is 3.36. The molecule has 0 aliphatic carbocycles. The van der Waals surface area contributed by atoms with E-state index in [1.807, 2.05) is 20.8 Å². The lowest BCUT2D eigenvalue weighted by atomic mass is 9.80. The monoisotopic (exact) mass is 154 g/mol. The van der Waals surface area contributed by atoms with Crippen LogP contribution >= 0.6 is 0 Å². The normalized spacial score (nSPS) is 25.5. The molecule has 0 bridgehead atoms. The third kappa shape index (κ3) is 1.59. The molecule has 0 aromatic rings. The fourth-order valence-corrected chi connectivity index (χ4v) is 1.19. The number of carbonyl (C=O) groups excluding carboxylic acids is 2. The van der Waals surface area contributed by atoms with Crippen LogP contribution in [-0.4, -0.2) is 11.8 Å². The third-order valence-corrected chi connectivity index (χ3v) is 1.96. The van der Waals surface area contributed by atoms with Crippen LogP contribution in [-0.2, 0) is 9.59 Å². The van der Waals surface area contributed by atoms with Crippen LogP contribution in [0.5, 0.6) is 0 Å². The van der Waals surface area contributed by atoms with Gasteiger partial charge in [0.05, 0.1) is 5.92 Å². The first kappa shape index (κ1) is 8.24. The molecule has 0 N–H and O–H groups in total. The second-order valence-electron chi connectivity index (χ2n) is 3.97. The van der Waals surface area contributed by atoms with Crippen molar-refractivity contribution in [1.29, 1.82) is 0 Å². The zero-order valence-electron chi connectivity index (χ0n) is 7.05. The van der Waals surface area contributed by atoms with Crippen molar-refractivity contribution in [2.24, 2.45) is 11.3 Å². The maximum Gasteiger partial charge on any atom is 0.252 e. The molecule has 3 nitrogen and oxygen atoms in total. The number of hydrogen-bond donors (Lipinski definition) is 0. The standard InChI is InChI=1S/C8H12NO2/c1-8(2,3)5-4-6(10)9-7(5)11/h5H,4H2,1-3H3. The number of amides is 2. The molecule has 0 saturated carbocycles. The van der Waals surface area contributed by atoms with E-state index >= 15 is 0 Å². The van der Waals surface area contributed by atoms with Crippen molar-refractivity contribution in [3.05, 3.63) is 0 Å². The van der Waals surface area contributed by atoms with Gasteiger partial charge < -0.3 is 0 Å². The molecule has 1 heterocycles. The van der Waals surface area contributed by atoms with Crippen LogP contribution in [0.2, 0.25) is 0 Å². The minimum atomic E-state index is -0.269. The molecule has 0 aromatic carbocycles. The molecule has 1 saturated heterocycles. The highest BCUT2D eigenvalue weighted by molar-refractivity contribution is 6.03. The maximum absolute atomic E-state index is 11.0. The number of imide groups is 1.